The normalized spacial score (nSPS) is 11.0. The zero-order valence-electron chi connectivity index (χ0n) is 14.1. The Hall–Kier alpha value is -2.56. The van der Waals surface area contributed by atoms with Gasteiger partial charge in [0.2, 0.25) is 0 Å². The molecule has 0 spiro atoms. The molecule has 0 aliphatic carbocycles. The largest absolute Gasteiger partial charge is 0.492 e. The van der Waals surface area contributed by atoms with Gasteiger partial charge in [0, 0.05) is 10.1 Å². The Morgan fingerprint density at radius 2 is 1.85 bits per heavy atom. The summed E-state index contributed by atoms with van der Waals surface area (Å²) in [5.41, 5.74) is 0.637. The minimum atomic E-state index is -0.229. The molecule has 5 heteroatoms. The van der Waals surface area contributed by atoms with Gasteiger partial charge in [-0.15, -0.1) is 11.3 Å². The molecule has 3 aromatic carbocycles. The number of ether oxygens (including phenoxy) is 1. The number of rotatable bonds is 4. The van der Waals surface area contributed by atoms with Crippen molar-refractivity contribution >= 4 is 55.4 Å². The molecular formula is C21H16ClNO2S. The van der Waals surface area contributed by atoms with Crippen LogP contribution in [0.4, 0.5) is 5.69 Å². The van der Waals surface area contributed by atoms with Crippen molar-refractivity contribution in [2.75, 3.05) is 11.9 Å². The fourth-order valence-corrected chi connectivity index (χ4v) is 4.47. The van der Waals surface area contributed by atoms with Crippen molar-refractivity contribution < 1.29 is 9.53 Å². The number of carbonyl (C=O) groups is 1. The number of hydrogen-bond donors (Lipinski definition) is 1. The number of nitrogens with one attached hydrogen (secondary N) is 1. The maximum Gasteiger partial charge on any atom is 0.267 e. The Balaban J connectivity index is 1.76. The van der Waals surface area contributed by atoms with Crippen LogP contribution in [-0.2, 0) is 0 Å². The van der Waals surface area contributed by atoms with E-state index in [0.717, 1.165) is 20.9 Å². The highest BCUT2D eigenvalue weighted by atomic mass is 35.5. The summed E-state index contributed by atoms with van der Waals surface area (Å²) >= 11 is 8.02. The third-order valence-electron chi connectivity index (χ3n) is 4.16. The second-order valence-electron chi connectivity index (χ2n) is 5.79. The minimum absolute atomic E-state index is 0.229. The third kappa shape index (κ3) is 2.91. The van der Waals surface area contributed by atoms with Gasteiger partial charge < -0.3 is 10.1 Å². The molecule has 0 unspecified atom stereocenters. The van der Waals surface area contributed by atoms with Crippen LogP contribution < -0.4 is 10.1 Å². The second-order valence-corrected chi connectivity index (χ2v) is 7.22. The number of carbonyl (C=O) groups excluding carboxylic acids is 1. The van der Waals surface area contributed by atoms with Crippen LogP contribution in [0.5, 0.6) is 5.75 Å². The van der Waals surface area contributed by atoms with Gasteiger partial charge in [0.15, 0.2) is 0 Å². The van der Waals surface area contributed by atoms with Crippen LogP contribution in [0.1, 0.15) is 16.6 Å². The van der Waals surface area contributed by atoms with E-state index in [9.17, 15) is 4.79 Å². The molecule has 26 heavy (non-hydrogen) atoms. The van der Waals surface area contributed by atoms with Crippen LogP contribution >= 0.6 is 22.9 Å². The predicted molar refractivity (Wildman–Crippen MR) is 110 cm³/mol. The van der Waals surface area contributed by atoms with Crippen molar-refractivity contribution in [2.45, 2.75) is 6.92 Å². The van der Waals surface area contributed by atoms with Crippen LogP contribution in [-0.4, -0.2) is 12.5 Å². The van der Waals surface area contributed by atoms with Gasteiger partial charge in [-0.05, 0) is 35.9 Å². The summed E-state index contributed by atoms with van der Waals surface area (Å²) in [5.74, 6) is 0.415. The molecule has 4 aromatic rings. The molecule has 130 valence electrons. The number of anilines is 1. The van der Waals surface area contributed by atoms with Gasteiger partial charge >= 0.3 is 0 Å². The molecule has 0 atom stereocenters. The van der Waals surface area contributed by atoms with Crippen molar-refractivity contribution in [3.8, 4) is 5.75 Å². The van der Waals surface area contributed by atoms with Gasteiger partial charge in [-0.1, -0.05) is 54.1 Å². The van der Waals surface area contributed by atoms with Crippen molar-refractivity contribution in [1.82, 2.24) is 0 Å². The molecule has 1 heterocycles. The van der Waals surface area contributed by atoms with Gasteiger partial charge in [0.25, 0.3) is 5.91 Å². The lowest BCUT2D eigenvalue weighted by Crippen LogP contribution is -2.11. The van der Waals surface area contributed by atoms with E-state index in [2.05, 4.69) is 11.4 Å². The fraction of sp³-hybridized carbons (Fsp3) is 0.0952. The SMILES string of the molecule is CCOc1ccccc1NC(=O)c1sc2ccc3ccccc3c2c1Cl. The molecule has 0 saturated heterocycles. The highest BCUT2D eigenvalue weighted by Gasteiger charge is 2.19. The standard InChI is InChI=1S/C21H16ClNO2S/c1-2-25-16-10-6-5-9-15(16)23-21(24)20-19(22)18-14-8-4-3-7-13(14)11-12-17(18)26-20/h3-12H,2H2,1H3,(H,23,24). The zero-order chi connectivity index (χ0) is 18.1. The minimum Gasteiger partial charge on any atom is -0.492 e. The number of thiophene rings is 1. The molecule has 1 amide bonds. The number of amides is 1. The van der Waals surface area contributed by atoms with E-state index in [1.807, 2.05) is 61.5 Å². The summed E-state index contributed by atoms with van der Waals surface area (Å²) in [4.78, 5) is 13.4. The molecule has 1 N–H and O–H groups in total. The molecule has 0 aliphatic rings. The molecule has 0 bridgehead atoms. The lowest BCUT2D eigenvalue weighted by Gasteiger charge is -2.10. The second kappa shape index (κ2) is 6.98. The monoisotopic (exact) mass is 381 g/mol. The summed E-state index contributed by atoms with van der Waals surface area (Å²) in [7, 11) is 0. The van der Waals surface area contributed by atoms with E-state index < -0.39 is 0 Å². The molecule has 0 aliphatic heterocycles. The van der Waals surface area contributed by atoms with Crippen molar-refractivity contribution in [3.05, 3.63) is 70.6 Å². The maximum absolute atomic E-state index is 12.9. The fourth-order valence-electron chi connectivity index (χ4n) is 3.01. The average Bonchev–Trinajstić information content (AvgIpc) is 3.01. The van der Waals surface area contributed by atoms with Gasteiger partial charge in [-0.3, -0.25) is 4.79 Å². The van der Waals surface area contributed by atoms with E-state index in [1.54, 1.807) is 0 Å². The molecule has 0 radical (unpaired) electrons. The molecule has 0 fully saturated rings. The first kappa shape index (κ1) is 16.9. The third-order valence-corrected chi connectivity index (χ3v) is 5.81. The first-order valence-electron chi connectivity index (χ1n) is 8.32. The summed E-state index contributed by atoms with van der Waals surface area (Å²) in [5, 5.41) is 6.51. The number of hydrogen-bond acceptors (Lipinski definition) is 3. The quantitative estimate of drug-likeness (QED) is 0.446. The highest BCUT2D eigenvalue weighted by Crippen LogP contribution is 2.40. The number of fused-ring (bicyclic) bond motifs is 3. The van der Waals surface area contributed by atoms with Gasteiger partial charge in [0.1, 0.15) is 10.6 Å². The number of para-hydroxylation sites is 2. The molecule has 1 aromatic heterocycles. The van der Waals surface area contributed by atoms with E-state index in [0.29, 0.717) is 27.9 Å². The average molecular weight is 382 g/mol. The Morgan fingerprint density at radius 3 is 2.69 bits per heavy atom. The van der Waals surface area contributed by atoms with Gasteiger partial charge in [-0.25, -0.2) is 0 Å². The van der Waals surface area contributed by atoms with Crippen LogP contribution in [0.2, 0.25) is 5.02 Å². The number of halogens is 1. The van der Waals surface area contributed by atoms with E-state index in [-0.39, 0.29) is 5.91 Å². The predicted octanol–water partition coefficient (Wildman–Crippen LogP) is 6.36. The van der Waals surface area contributed by atoms with Crippen LogP contribution in [0.15, 0.2) is 60.7 Å². The summed E-state index contributed by atoms with van der Waals surface area (Å²) < 4.78 is 6.57. The first-order valence-corrected chi connectivity index (χ1v) is 9.51. The van der Waals surface area contributed by atoms with Gasteiger partial charge in [-0.2, -0.15) is 0 Å². The lowest BCUT2D eigenvalue weighted by atomic mass is 10.1. The van der Waals surface area contributed by atoms with Gasteiger partial charge in [0.05, 0.1) is 17.3 Å². The molecule has 0 saturated carbocycles. The highest BCUT2D eigenvalue weighted by molar-refractivity contribution is 7.22. The first-order chi connectivity index (χ1) is 12.7. The smallest absolute Gasteiger partial charge is 0.267 e. The Bertz CT molecular complexity index is 1120. The van der Waals surface area contributed by atoms with Crippen molar-refractivity contribution in [2.24, 2.45) is 0 Å². The number of benzene rings is 3. The summed E-state index contributed by atoms with van der Waals surface area (Å²) in [6.45, 7) is 2.44. The van der Waals surface area contributed by atoms with Crippen LogP contribution in [0.25, 0.3) is 20.9 Å². The Kier molecular flexibility index (Phi) is 4.53. The summed E-state index contributed by atoms with van der Waals surface area (Å²) in [6.07, 6.45) is 0. The Labute approximate surface area is 160 Å². The van der Waals surface area contributed by atoms with Crippen molar-refractivity contribution in [1.29, 1.82) is 0 Å². The van der Waals surface area contributed by atoms with Crippen LogP contribution in [0.3, 0.4) is 0 Å². The van der Waals surface area contributed by atoms with Crippen LogP contribution in [0, 0.1) is 0 Å². The Morgan fingerprint density at radius 1 is 1.08 bits per heavy atom. The van der Waals surface area contributed by atoms with Crippen molar-refractivity contribution in [3.63, 3.8) is 0 Å². The van der Waals surface area contributed by atoms with E-state index >= 15 is 0 Å². The van der Waals surface area contributed by atoms with E-state index in [1.165, 1.54) is 11.3 Å². The molecule has 4 rings (SSSR count). The lowest BCUT2D eigenvalue weighted by molar-refractivity contribution is 0.103. The molecular weight excluding hydrogens is 366 g/mol. The topological polar surface area (TPSA) is 38.3 Å². The summed E-state index contributed by atoms with van der Waals surface area (Å²) in [6, 6.07) is 19.5. The van der Waals surface area contributed by atoms with E-state index in [4.69, 9.17) is 16.3 Å². The maximum atomic E-state index is 12.9. The zero-order valence-corrected chi connectivity index (χ0v) is 15.7. The molecule has 3 nitrogen and oxygen atoms in total.